The second-order valence-corrected chi connectivity index (χ2v) is 3.47. The molecule has 0 spiro atoms. The Morgan fingerprint density at radius 3 is 2.29 bits per heavy atom. The normalized spacial score (nSPS) is 14.8. The van der Waals surface area contributed by atoms with E-state index in [1.54, 1.807) is 0 Å². The van der Waals surface area contributed by atoms with Gasteiger partial charge in [0.25, 0.3) is 0 Å². The van der Waals surface area contributed by atoms with Gasteiger partial charge >= 0.3 is 0 Å². The molecule has 0 aliphatic rings. The number of carbonyl (C=O) groups excluding carboxylic acids is 1. The molecule has 0 fully saturated rings. The van der Waals surface area contributed by atoms with E-state index in [0.29, 0.717) is 12.8 Å². The molecule has 0 heterocycles. The van der Waals surface area contributed by atoms with E-state index in [1.807, 2.05) is 44.2 Å². The predicted molar refractivity (Wildman–Crippen MR) is 57.9 cm³/mol. The number of hydrogen-bond donors (Lipinski definition) is 1. The third-order valence-corrected chi connectivity index (χ3v) is 2.67. The maximum Gasteiger partial charge on any atom is 0.156 e. The summed E-state index contributed by atoms with van der Waals surface area (Å²) in [6.45, 7) is 3.79. The van der Waals surface area contributed by atoms with Crippen molar-refractivity contribution in [2.45, 2.75) is 32.2 Å². The smallest absolute Gasteiger partial charge is 0.156 e. The lowest BCUT2D eigenvalue weighted by atomic mass is 9.83. The second kappa shape index (κ2) is 4.38. The predicted octanol–water partition coefficient (Wildman–Crippen LogP) is 2.23. The average Bonchev–Trinajstić information content (AvgIpc) is 2.28. The van der Waals surface area contributed by atoms with Gasteiger partial charge in [-0.1, -0.05) is 44.2 Å². The van der Waals surface area contributed by atoms with Gasteiger partial charge in [-0.15, -0.1) is 0 Å². The lowest BCUT2D eigenvalue weighted by Gasteiger charge is -2.26. The number of Topliss-reactive ketones (excluding diaryl/α,β-unsaturated/α-hetero) is 1. The fraction of sp³-hybridized carbons (Fsp3) is 0.417. The number of ketones is 1. The van der Waals surface area contributed by atoms with Crippen LogP contribution in [0.5, 0.6) is 0 Å². The molecule has 1 aromatic rings. The minimum absolute atomic E-state index is 0.103. The second-order valence-electron chi connectivity index (χ2n) is 3.47. The number of benzene rings is 1. The van der Waals surface area contributed by atoms with Crippen LogP contribution in [0.3, 0.4) is 0 Å². The summed E-state index contributed by atoms with van der Waals surface area (Å²) < 4.78 is 0. The van der Waals surface area contributed by atoms with Crippen LogP contribution in [0.15, 0.2) is 30.3 Å². The van der Waals surface area contributed by atoms with Crippen molar-refractivity contribution in [3.8, 4) is 0 Å². The summed E-state index contributed by atoms with van der Waals surface area (Å²) >= 11 is 0. The van der Waals surface area contributed by atoms with Crippen molar-refractivity contribution in [1.29, 1.82) is 0 Å². The molecule has 2 nitrogen and oxygen atoms in total. The SMILES string of the molecule is CCC(=O)C(N)(CC)c1ccccc1. The zero-order chi connectivity index (χ0) is 10.6. The first kappa shape index (κ1) is 10.9. The summed E-state index contributed by atoms with van der Waals surface area (Å²) in [5.41, 5.74) is 6.24. The number of carbonyl (C=O) groups is 1. The van der Waals surface area contributed by atoms with Gasteiger partial charge in [-0.2, -0.15) is 0 Å². The Hall–Kier alpha value is -1.15. The van der Waals surface area contributed by atoms with Gasteiger partial charge in [-0.25, -0.2) is 0 Å². The highest BCUT2D eigenvalue weighted by Crippen LogP contribution is 2.23. The van der Waals surface area contributed by atoms with Gasteiger partial charge in [-0.05, 0) is 12.0 Å². The Labute approximate surface area is 85.1 Å². The lowest BCUT2D eigenvalue weighted by molar-refractivity contribution is -0.124. The molecule has 14 heavy (non-hydrogen) atoms. The summed E-state index contributed by atoms with van der Waals surface area (Å²) in [7, 11) is 0. The van der Waals surface area contributed by atoms with E-state index in [2.05, 4.69) is 0 Å². The minimum atomic E-state index is -0.796. The van der Waals surface area contributed by atoms with E-state index < -0.39 is 5.54 Å². The summed E-state index contributed by atoms with van der Waals surface area (Å²) in [4.78, 5) is 11.7. The van der Waals surface area contributed by atoms with Crippen LogP contribution in [0.1, 0.15) is 32.3 Å². The monoisotopic (exact) mass is 191 g/mol. The summed E-state index contributed by atoms with van der Waals surface area (Å²) in [6.07, 6.45) is 1.13. The fourth-order valence-electron chi connectivity index (χ4n) is 1.61. The molecular weight excluding hydrogens is 174 g/mol. The summed E-state index contributed by atoms with van der Waals surface area (Å²) in [5.74, 6) is 0.103. The van der Waals surface area contributed by atoms with Crippen LogP contribution in [0.25, 0.3) is 0 Å². The Balaban J connectivity index is 3.08. The molecule has 0 saturated carbocycles. The zero-order valence-electron chi connectivity index (χ0n) is 8.79. The van der Waals surface area contributed by atoms with Crippen molar-refractivity contribution in [2.75, 3.05) is 0 Å². The van der Waals surface area contributed by atoms with Gasteiger partial charge in [0, 0.05) is 6.42 Å². The third-order valence-electron chi connectivity index (χ3n) is 2.67. The highest BCUT2D eigenvalue weighted by Gasteiger charge is 2.31. The molecule has 0 saturated heterocycles. The van der Waals surface area contributed by atoms with E-state index in [4.69, 9.17) is 5.73 Å². The largest absolute Gasteiger partial charge is 0.315 e. The standard InChI is InChI=1S/C12H17NO/c1-3-11(14)12(13,4-2)10-8-6-5-7-9-10/h5-9H,3-4,13H2,1-2H3. The number of rotatable bonds is 4. The van der Waals surface area contributed by atoms with Crippen molar-refractivity contribution in [2.24, 2.45) is 5.73 Å². The molecule has 2 heteroatoms. The van der Waals surface area contributed by atoms with Gasteiger partial charge in [-0.3, -0.25) is 4.79 Å². The molecule has 0 bridgehead atoms. The number of hydrogen-bond acceptors (Lipinski definition) is 2. The summed E-state index contributed by atoms with van der Waals surface area (Å²) in [5, 5.41) is 0. The van der Waals surface area contributed by atoms with Crippen molar-refractivity contribution >= 4 is 5.78 Å². The highest BCUT2D eigenvalue weighted by atomic mass is 16.1. The zero-order valence-corrected chi connectivity index (χ0v) is 8.79. The molecule has 76 valence electrons. The lowest BCUT2D eigenvalue weighted by Crippen LogP contribution is -2.43. The van der Waals surface area contributed by atoms with Crippen LogP contribution in [0, 0.1) is 0 Å². The molecule has 1 atom stereocenters. The van der Waals surface area contributed by atoms with Gasteiger partial charge < -0.3 is 5.73 Å². The molecule has 1 rings (SSSR count). The fourth-order valence-corrected chi connectivity index (χ4v) is 1.61. The van der Waals surface area contributed by atoms with Gasteiger partial charge in [0.05, 0.1) is 0 Å². The molecule has 0 aliphatic heterocycles. The third kappa shape index (κ3) is 1.85. The molecule has 2 N–H and O–H groups in total. The van der Waals surface area contributed by atoms with Crippen molar-refractivity contribution in [1.82, 2.24) is 0 Å². The Bertz CT molecular complexity index is 307. The van der Waals surface area contributed by atoms with Crippen molar-refractivity contribution in [3.63, 3.8) is 0 Å². The average molecular weight is 191 g/mol. The Morgan fingerprint density at radius 1 is 1.29 bits per heavy atom. The minimum Gasteiger partial charge on any atom is -0.315 e. The van der Waals surface area contributed by atoms with Gasteiger partial charge in [0.2, 0.25) is 0 Å². The van der Waals surface area contributed by atoms with Crippen LogP contribution >= 0.6 is 0 Å². The molecule has 0 amide bonds. The first-order valence-corrected chi connectivity index (χ1v) is 5.02. The topological polar surface area (TPSA) is 43.1 Å². The quantitative estimate of drug-likeness (QED) is 0.793. The van der Waals surface area contributed by atoms with E-state index >= 15 is 0 Å². The first-order chi connectivity index (χ1) is 6.65. The molecule has 1 aromatic carbocycles. The van der Waals surface area contributed by atoms with Crippen LogP contribution in [0.2, 0.25) is 0 Å². The summed E-state index contributed by atoms with van der Waals surface area (Å²) in [6, 6.07) is 9.58. The maximum atomic E-state index is 11.7. The van der Waals surface area contributed by atoms with Gasteiger partial charge in [0.1, 0.15) is 5.54 Å². The van der Waals surface area contributed by atoms with Gasteiger partial charge in [0.15, 0.2) is 5.78 Å². The van der Waals surface area contributed by atoms with Crippen LogP contribution < -0.4 is 5.73 Å². The molecule has 0 aliphatic carbocycles. The van der Waals surface area contributed by atoms with E-state index in [-0.39, 0.29) is 5.78 Å². The number of nitrogens with two attached hydrogens (primary N) is 1. The van der Waals surface area contributed by atoms with Crippen LogP contribution in [-0.4, -0.2) is 5.78 Å². The van der Waals surface area contributed by atoms with Crippen molar-refractivity contribution in [3.05, 3.63) is 35.9 Å². The van der Waals surface area contributed by atoms with E-state index in [1.165, 1.54) is 0 Å². The molecule has 1 unspecified atom stereocenters. The van der Waals surface area contributed by atoms with E-state index in [9.17, 15) is 4.79 Å². The van der Waals surface area contributed by atoms with Crippen molar-refractivity contribution < 1.29 is 4.79 Å². The van der Waals surface area contributed by atoms with Crippen LogP contribution in [0.4, 0.5) is 0 Å². The molecule has 0 radical (unpaired) electrons. The van der Waals surface area contributed by atoms with Crippen LogP contribution in [-0.2, 0) is 10.3 Å². The first-order valence-electron chi connectivity index (χ1n) is 5.02. The Kier molecular flexibility index (Phi) is 3.42. The Morgan fingerprint density at radius 2 is 1.86 bits per heavy atom. The maximum absolute atomic E-state index is 11.7. The highest BCUT2D eigenvalue weighted by molar-refractivity contribution is 5.89. The molecule has 0 aromatic heterocycles. The van der Waals surface area contributed by atoms with E-state index in [0.717, 1.165) is 5.56 Å². The molecular formula is C12H17NO.